The molecular weight excluding hydrogens is 388 g/mol. The van der Waals surface area contributed by atoms with Crippen LogP contribution in [0.5, 0.6) is 11.5 Å². The number of hydrogen-bond donors (Lipinski definition) is 0. The van der Waals surface area contributed by atoms with E-state index in [0.29, 0.717) is 29.0 Å². The van der Waals surface area contributed by atoms with E-state index in [4.69, 9.17) is 14.0 Å². The lowest BCUT2D eigenvalue weighted by atomic mass is 10.2. The Morgan fingerprint density at radius 1 is 1.03 bits per heavy atom. The Labute approximate surface area is 172 Å². The van der Waals surface area contributed by atoms with E-state index < -0.39 is 0 Å². The summed E-state index contributed by atoms with van der Waals surface area (Å²) in [6.07, 6.45) is 3.72. The standard InChI is InChI=1S/C21H20N4O3S/c1-14-4-7-16(8-5-14)25-11-10-22-21(25)29-13-19-23-20(24-28-19)15-6-9-17(26-2)18(12-15)27-3/h4-12H,13H2,1-3H3. The van der Waals surface area contributed by atoms with E-state index in [9.17, 15) is 0 Å². The first-order valence-electron chi connectivity index (χ1n) is 8.96. The SMILES string of the molecule is COc1ccc(-c2noc(CSc3nccn3-c3ccc(C)cc3)n2)cc1OC. The molecule has 4 rings (SSSR count). The van der Waals surface area contributed by atoms with Crippen molar-refractivity contribution in [1.82, 2.24) is 19.7 Å². The molecule has 0 aliphatic carbocycles. The van der Waals surface area contributed by atoms with E-state index in [0.717, 1.165) is 16.4 Å². The third-order valence-corrected chi connectivity index (χ3v) is 5.31. The number of benzene rings is 2. The van der Waals surface area contributed by atoms with Crippen molar-refractivity contribution in [1.29, 1.82) is 0 Å². The second-order valence-corrected chi connectivity index (χ2v) is 7.23. The largest absolute Gasteiger partial charge is 0.493 e. The van der Waals surface area contributed by atoms with Crippen LogP contribution in [-0.4, -0.2) is 33.9 Å². The summed E-state index contributed by atoms with van der Waals surface area (Å²) in [6.45, 7) is 2.07. The van der Waals surface area contributed by atoms with Crippen LogP contribution in [0.15, 0.2) is 64.5 Å². The number of ether oxygens (including phenoxy) is 2. The molecule has 0 aliphatic rings. The second-order valence-electron chi connectivity index (χ2n) is 6.29. The van der Waals surface area contributed by atoms with Gasteiger partial charge in [0.25, 0.3) is 0 Å². The molecule has 2 aromatic carbocycles. The van der Waals surface area contributed by atoms with Crippen LogP contribution >= 0.6 is 11.8 Å². The fourth-order valence-electron chi connectivity index (χ4n) is 2.83. The van der Waals surface area contributed by atoms with Crippen molar-refractivity contribution in [2.75, 3.05) is 14.2 Å². The third-order valence-electron chi connectivity index (χ3n) is 4.35. The van der Waals surface area contributed by atoms with Gasteiger partial charge < -0.3 is 14.0 Å². The van der Waals surface area contributed by atoms with Gasteiger partial charge >= 0.3 is 0 Å². The van der Waals surface area contributed by atoms with E-state index >= 15 is 0 Å². The third kappa shape index (κ3) is 4.12. The van der Waals surface area contributed by atoms with Crippen molar-refractivity contribution in [3.05, 3.63) is 66.3 Å². The number of hydrogen-bond acceptors (Lipinski definition) is 7. The molecule has 4 aromatic rings. The number of aromatic nitrogens is 4. The van der Waals surface area contributed by atoms with Crippen molar-refractivity contribution < 1.29 is 14.0 Å². The van der Waals surface area contributed by atoms with Crippen LogP contribution in [0.4, 0.5) is 0 Å². The topological polar surface area (TPSA) is 75.2 Å². The maximum atomic E-state index is 5.42. The summed E-state index contributed by atoms with van der Waals surface area (Å²) in [5, 5.41) is 4.95. The van der Waals surface area contributed by atoms with Crippen LogP contribution < -0.4 is 9.47 Å². The molecular formula is C21H20N4O3S. The number of aryl methyl sites for hydroxylation is 1. The fourth-order valence-corrected chi connectivity index (χ4v) is 3.64. The number of nitrogens with zero attached hydrogens (tertiary/aromatic N) is 4. The summed E-state index contributed by atoms with van der Waals surface area (Å²) >= 11 is 1.54. The molecule has 0 radical (unpaired) electrons. The summed E-state index contributed by atoms with van der Waals surface area (Å²) in [5.74, 6) is 2.81. The smallest absolute Gasteiger partial charge is 0.237 e. The number of methoxy groups -OCH3 is 2. The normalized spacial score (nSPS) is 10.9. The Bertz CT molecular complexity index is 1110. The maximum Gasteiger partial charge on any atom is 0.237 e. The van der Waals surface area contributed by atoms with Crippen LogP contribution in [0.3, 0.4) is 0 Å². The van der Waals surface area contributed by atoms with Crippen LogP contribution in [0.1, 0.15) is 11.5 Å². The van der Waals surface area contributed by atoms with Crippen LogP contribution in [0, 0.1) is 6.92 Å². The van der Waals surface area contributed by atoms with E-state index in [1.807, 2.05) is 29.0 Å². The first-order chi connectivity index (χ1) is 14.2. The zero-order chi connectivity index (χ0) is 20.2. The molecule has 2 aromatic heterocycles. The molecule has 0 unspecified atom stereocenters. The van der Waals surface area contributed by atoms with Crippen LogP contribution in [0.25, 0.3) is 17.1 Å². The Morgan fingerprint density at radius 3 is 2.59 bits per heavy atom. The van der Waals surface area contributed by atoms with Gasteiger partial charge in [0.2, 0.25) is 11.7 Å². The highest BCUT2D eigenvalue weighted by molar-refractivity contribution is 7.98. The summed E-state index contributed by atoms with van der Waals surface area (Å²) in [7, 11) is 3.19. The van der Waals surface area contributed by atoms with Crippen molar-refractivity contribution in [3.63, 3.8) is 0 Å². The van der Waals surface area contributed by atoms with Gasteiger partial charge in [0, 0.05) is 23.6 Å². The average Bonchev–Trinajstić information content (AvgIpc) is 3.42. The van der Waals surface area contributed by atoms with Gasteiger partial charge in [0.15, 0.2) is 16.7 Å². The number of imidazole rings is 1. The van der Waals surface area contributed by atoms with Gasteiger partial charge in [-0.15, -0.1) is 0 Å². The van der Waals surface area contributed by atoms with Crippen LogP contribution in [-0.2, 0) is 5.75 Å². The lowest BCUT2D eigenvalue weighted by Gasteiger charge is -2.07. The predicted molar refractivity (Wildman–Crippen MR) is 111 cm³/mol. The zero-order valence-corrected chi connectivity index (χ0v) is 17.1. The molecule has 0 fully saturated rings. The Kier molecular flexibility index (Phi) is 5.53. The van der Waals surface area contributed by atoms with E-state index in [2.05, 4.69) is 46.3 Å². The molecule has 148 valence electrons. The molecule has 0 amide bonds. The van der Waals surface area contributed by atoms with Crippen molar-refractivity contribution in [2.45, 2.75) is 17.8 Å². The molecule has 0 aliphatic heterocycles. The summed E-state index contributed by atoms with van der Waals surface area (Å²) in [4.78, 5) is 8.94. The Morgan fingerprint density at radius 2 is 1.83 bits per heavy atom. The number of rotatable bonds is 7. The Balaban J connectivity index is 1.48. The summed E-state index contributed by atoms with van der Waals surface area (Å²) in [6, 6.07) is 13.8. The van der Waals surface area contributed by atoms with Crippen molar-refractivity contribution >= 4 is 11.8 Å². The molecule has 0 saturated carbocycles. The van der Waals surface area contributed by atoms with Gasteiger partial charge in [-0.3, -0.25) is 4.57 Å². The molecule has 0 spiro atoms. The number of thioether (sulfide) groups is 1. The van der Waals surface area contributed by atoms with Crippen molar-refractivity contribution in [3.8, 4) is 28.6 Å². The lowest BCUT2D eigenvalue weighted by molar-refractivity contribution is 0.355. The fraction of sp³-hybridized carbons (Fsp3) is 0.190. The monoisotopic (exact) mass is 408 g/mol. The summed E-state index contributed by atoms with van der Waals surface area (Å²) < 4.78 is 18.1. The Hall–Kier alpha value is -3.26. The van der Waals surface area contributed by atoms with E-state index in [-0.39, 0.29) is 0 Å². The van der Waals surface area contributed by atoms with Gasteiger partial charge in [-0.25, -0.2) is 4.98 Å². The minimum absolute atomic E-state index is 0.503. The first kappa shape index (κ1) is 19.1. The van der Waals surface area contributed by atoms with Gasteiger partial charge in [0.05, 0.1) is 20.0 Å². The maximum absolute atomic E-state index is 5.42. The molecule has 2 heterocycles. The van der Waals surface area contributed by atoms with Crippen molar-refractivity contribution in [2.24, 2.45) is 0 Å². The van der Waals surface area contributed by atoms with Gasteiger partial charge in [0.1, 0.15) is 0 Å². The van der Waals surface area contributed by atoms with Gasteiger partial charge in [-0.1, -0.05) is 34.6 Å². The first-order valence-corrected chi connectivity index (χ1v) is 9.94. The molecule has 29 heavy (non-hydrogen) atoms. The minimum atomic E-state index is 0.503. The van der Waals surface area contributed by atoms with Gasteiger partial charge in [-0.2, -0.15) is 4.98 Å². The molecule has 0 saturated heterocycles. The minimum Gasteiger partial charge on any atom is -0.493 e. The highest BCUT2D eigenvalue weighted by atomic mass is 32.2. The average molecular weight is 408 g/mol. The molecule has 0 N–H and O–H groups in total. The highest BCUT2D eigenvalue weighted by Gasteiger charge is 2.14. The second kappa shape index (κ2) is 8.40. The molecule has 0 bridgehead atoms. The lowest BCUT2D eigenvalue weighted by Crippen LogP contribution is -1.95. The summed E-state index contributed by atoms with van der Waals surface area (Å²) in [5.41, 5.74) is 3.08. The molecule has 0 atom stereocenters. The van der Waals surface area contributed by atoms with Crippen LogP contribution in [0.2, 0.25) is 0 Å². The predicted octanol–water partition coefficient (Wildman–Crippen LogP) is 4.54. The molecule has 7 nitrogen and oxygen atoms in total. The highest BCUT2D eigenvalue weighted by Crippen LogP contribution is 2.31. The molecule has 8 heteroatoms. The van der Waals surface area contributed by atoms with Gasteiger partial charge in [-0.05, 0) is 37.3 Å². The van der Waals surface area contributed by atoms with E-state index in [1.165, 1.54) is 17.3 Å². The zero-order valence-electron chi connectivity index (χ0n) is 16.3. The quantitative estimate of drug-likeness (QED) is 0.416. The van der Waals surface area contributed by atoms with E-state index in [1.54, 1.807) is 20.4 Å².